The first-order valence-electron chi connectivity index (χ1n) is 10.2. The molecule has 5 aromatic rings. The number of rotatable bonds is 3. The molecule has 11 nitrogen and oxygen atoms in total. The van der Waals surface area contributed by atoms with Crippen molar-refractivity contribution in [2.75, 3.05) is 0 Å². The normalized spacial score (nSPS) is 15.4. The minimum Gasteiger partial charge on any atom is -0.493 e. The average Bonchev–Trinajstić information content (AvgIpc) is 3.19. The molecule has 4 heterocycles. The summed E-state index contributed by atoms with van der Waals surface area (Å²) in [5, 5.41) is 14.9. The molecule has 0 spiro atoms. The van der Waals surface area contributed by atoms with E-state index in [4.69, 9.17) is 9.98 Å². The average molecular weight is 429 g/mol. The van der Waals surface area contributed by atoms with Crippen LogP contribution in [-0.2, 0) is 0 Å². The van der Waals surface area contributed by atoms with Gasteiger partial charge < -0.3 is 10.1 Å². The third-order valence-electron chi connectivity index (χ3n) is 5.62. The third kappa shape index (κ3) is 2.97. The maximum Gasteiger partial charge on any atom is 0.326 e. The summed E-state index contributed by atoms with van der Waals surface area (Å²) in [6, 6.07) is 4.33. The number of imidazole rings is 2. The highest BCUT2D eigenvalue weighted by molar-refractivity contribution is 5.78. The molecule has 160 valence electrons. The Labute approximate surface area is 179 Å². The summed E-state index contributed by atoms with van der Waals surface area (Å²) >= 11 is 0. The number of aromatic nitrogens is 8. The van der Waals surface area contributed by atoms with Gasteiger partial charge in [0.15, 0.2) is 5.65 Å². The van der Waals surface area contributed by atoms with Gasteiger partial charge in [-0.05, 0) is 56.0 Å². The van der Waals surface area contributed by atoms with E-state index in [1.807, 2.05) is 10.6 Å². The fraction of sp³-hybridized carbons (Fsp3) is 0.238. The van der Waals surface area contributed by atoms with Gasteiger partial charge in [0.25, 0.3) is 5.62 Å². The summed E-state index contributed by atoms with van der Waals surface area (Å²) < 4.78 is 3.41. The molecule has 1 aliphatic rings. The molecule has 0 atom stereocenters. The molecule has 1 fully saturated rings. The van der Waals surface area contributed by atoms with Crippen LogP contribution >= 0.6 is 0 Å². The monoisotopic (exact) mass is 429 g/mol. The van der Waals surface area contributed by atoms with Crippen LogP contribution in [0.25, 0.3) is 28.7 Å². The molecule has 32 heavy (non-hydrogen) atoms. The molecule has 0 bridgehead atoms. The summed E-state index contributed by atoms with van der Waals surface area (Å²) in [4.78, 5) is 35.0. The molecule has 0 unspecified atom stereocenters. The fourth-order valence-electron chi connectivity index (χ4n) is 3.60. The van der Waals surface area contributed by atoms with Crippen LogP contribution in [0.5, 0.6) is 5.88 Å². The van der Waals surface area contributed by atoms with Crippen LogP contribution in [0.2, 0.25) is 0 Å². The van der Waals surface area contributed by atoms with Gasteiger partial charge in [-0.3, -0.25) is 9.55 Å². The molecule has 0 aliphatic heterocycles. The van der Waals surface area contributed by atoms with E-state index in [0.29, 0.717) is 22.4 Å². The van der Waals surface area contributed by atoms with Crippen molar-refractivity contribution in [1.82, 2.24) is 39.1 Å². The van der Waals surface area contributed by atoms with Crippen LogP contribution in [0.1, 0.15) is 29.7 Å². The number of aromatic hydroxyl groups is 1. The van der Waals surface area contributed by atoms with Gasteiger partial charge >= 0.3 is 5.69 Å². The maximum absolute atomic E-state index is 11.5. The second-order valence-electron chi connectivity index (χ2n) is 8.04. The topological polar surface area (TPSA) is 142 Å². The Morgan fingerprint density at radius 2 is 2.00 bits per heavy atom. The lowest BCUT2D eigenvalue weighted by molar-refractivity contribution is 0.454. The van der Waals surface area contributed by atoms with Gasteiger partial charge in [-0.1, -0.05) is 0 Å². The number of aryl methyl sites for hydroxylation is 2. The lowest BCUT2D eigenvalue weighted by Gasteiger charge is -2.05. The van der Waals surface area contributed by atoms with Gasteiger partial charge in [-0.2, -0.15) is 19.6 Å². The number of aromatic amines is 2. The molecular weight excluding hydrogens is 410 g/mol. The van der Waals surface area contributed by atoms with E-state index in [1.54, 1.807) is 23.1 Å². The number of hydrogen-bond donors (Lipinski definition) is 3. The highest BCUT2D eigenvalue weighted by Gasteiger charge is 2.21. The van der Waals surface area contributed by atoms with Crippen LogP contribution < -0.4 is 16.5 Å². The molecule has 6 rings (SSSR count). The number of H-pyrrole nitrogens is 2. The van der Waals surface area contributed by atoms with Crippen LogP contribution in [0.3, 0.4) is 0 Å². The van der Waals surface area contributed by atoms with Crippen LogP contribution in [0, 0.1) is 13.8 Å². The quantitative estimate of drug-likeness (QED) is 0.379. The Morgan fingerprint density at radius 3 is 2.75 bits per heavy atom. The molecule has 11 heteroatoms. The minimum absolute atomic E-state index is 0.229. The Balaban J connectivity index is 1.64. The predicted octanol–water partition coefficient (Wildman–Crippen LogP) is 0.413. The Morgan fingerprint density at radius 1 is 1.19 bits per heavy atom. The smallest absolute Gasteiger partial charge is 0.326 e. The van der Waals surface area contributed by atoms with Crippen LogP contribution in [0.4, 0.5) is 0 Å². The van der Waals surface area contributed by atoms with Crippen LogP contribution in [0.15, 0.2) is 34.4 Å². The van der Waals surface area contributed by atoms with E-state index < -0.39 is 5.69 Å². The highest BCUT2D eigenvalue weighted by Crippen LogP contribution is 2.23. The molecule has 0 radical (unpaired) electrons. The van der Waals surface area contributed by atoms with Crippen molar-refractivity contribution >= 4 is 22.8 Å². The number of nitrogens with one attached hydrogen (secondary N) is 2. The van der Waals surface area contributed by atoms with Crippen molar-refractivity contribution in [2.45, 2.75) is 32.7 Å². The second-order valence-corrected chi connectivity index (χ2v) is 8.04. The molecule has 1 saturated carbocycles. The highest BCUT2D eigenvalue weighted by atomic mass is 16.3. The summed E-state index contributed by atoms with van der Waals surface area (Å²) in [6.07, 6.45) is 6.94. The fourth-order valence-corrected chi connectivity index (χ4v) is 3.60. The molecule has 4 aromatic heterocycles. The Hall–Kier alpha value is -4.28. The first kappa shape index (κ1) is 18.5. The van der Waals surface area contributed by atoms with Crippen molar-refractivity contribution in [1.29, 1.82) is 0 Å². The number of hydrogen-bond acceptors (Lipinski definition) is 7. The molecule has 0 amide bonds. The lowest BCUT2D eigenvalue weighted by Crippen LogP contribution is -2.25. The summed E-state index contributed by atoms with van der Waals surface area (Å²) in [5.41, 5.74) is 4.75. The molecule has 1 aliphatic carbocycles. The van der Waals surface area contributed by atoms with Crippen molar-refractivity contribution in [3.63, 3.8) is 0 Å². The van der Waals surface area contributed by atoms with E-state index in [0.717, 1.165) is 35.0 Å². The van der Waals surface area contributed by atoms with Gasteiger partial charge in [0, 0.05) is 5.22 Å². The zero-order valence-electron chi connectivity index (χ0n) is 17.4. The van der Waals surface area contributed by atoms with Crippen molar-refractivity contribution < 1.29 is 5.11 Å². The Bertz CT molecular complexity index is 1700. The first-order valence-corrected chi connectivity index (χ1v) is 10.2. The minimum atomic E-state index is -0.500. The molecule has 3 N–H and O–H groups in total. The maximum atomic E-state index is 11.5. The zero-order chi connectivity index (χ0) is 22.0. The van der Waals surface area contributed by atoms with Crippen molar-refractivity contribution in [3.05, 3.63) is 62.8 Å². The number of nitrogens with zero attached hydrogens (tertiary/aromatic N) is 7. The molecule has 1 aromatic carbocycles. The predicted molar refractivity (Wildman–Crippen MR) is 115 cm³/mol. The van der Waals surface area contributed by atoms with E-state index in [1.165, 1.54) is 0 Å². The number of benzene rings is 1. The first-order chi connectivity index (χ1) is 15.5. The van der Waals surface area contributed by atoms with Gasteiger partial charge in [0.1, 0.15) is 12.0 Å². The summed E-state index contributed by atoms with van der Waals surface area (Å²) in [6.45, 7) is 4.11. The molecular formula is C21H19N9O2. The van der Waals surface area contributed by atoms with E-state index in [9.17, 15) is 9.90 Å². The summed E-state index contributed by atoms with van der Waals surface area (Å²) in [5.74, 6) is 0.169. The van der Waals surface area contributed by atoms with Crippen molar-refractivity contribution in [3.8, 4) is 11.8 Å². The third-order valence-corrected chi connectivity index (χ3v) is 5.62. The number of fused-ring (bicyclic) bond motifs is 2. The van der Waals surface area contributed by atoms with Gasteiger partial charge in [-0.15, -0.1) is 0 Å². The van der Waals surface area contributed by atoms with Gasteiger partial charge in [-0.25, -0.2) is 14.8 Å². The van der Waals surface area contributed by atoms with Gasteiger partial charge in [0.05, 0.1) is 23.3 Å². The summed E-state index contributed by atoms with van der Waals surface area (Å²) in [7, 11) is 0. The van der Waals surface area contributed by atoms with Crippen LogP contribution in [-0.4, -0.2) is 50.2 Å². The van der Waals surface area contributed by atoms with Gasteiger partial charge in [0.2, 0.25) is 11.8 Å². The second kappa shape index (κ2) is 6.61. The SMILES string of the molecule is Cc1cc2ncn(-c3nc(=NC4CC4)n4nc/c(=C/c5[nH]c(=O)[nH]c5O)c4n3)c2cc1C. The van der Waals surface area contributed by atoms with E-state index in [2.05, 4.69) is 44.9 Å². The Kier molecular flexibility index (Phi) is 3.82. The lowest BCUT2D eigenvalue weighted by atomic mass is 10.1. The standard InChI is InChI=1S/C21H19N9O2/c1-10-5-14-16(6-11(10)2)29(9-22-14)19-26-17-12(7-15-18(31)27-21(32)25-15)8-23-30(17)20(28-19)24-13-3-4-13/h5-9,13,31H,3-4H2,1-2H3,(H2,25,27,32)/b12-7-,24-20?. The van der Waals surface area contributed by atoms with E-state index >= 15 is 0 Å². The van der Waals surface area contributed by atoms with E-state index in [-0.39, 0.29) is 17.6 Å². The zero-order valence-corrected chi connectivity index (χ0v) is 17.4. The van der Waals surface area contributed by atoms with Crippen molar-refractivity contribution in [2.24, 2.45) is 4.99 Å². The molecule has 0 saturated heterocycles. The largest absolute Gasteiger partial charge is 0.493 e.